The summed E-state index contributed by atoms with van der Waals surface area (Å²) in [6.45, 7) is 5.84. The van der Waals surface area contributed by atoms with E-state index in [0.29, 0.717) is 58.7 Å². The molecule has 1 N–H and O–H groups in total. The largest absolute Gasteiger partial charge is 0.469 e. The molecule has 5 heterocycles. The summed E-state index contributed by atoms with van der Waals surface area (Å²) < 4.78 is 11.0. The van der Waals surface area contributed by atoms with Crippen LogP contribution >= 0.6 is 23.2 Å². The number of rotatable bonds is 8. The van der Waals surface area contributed by atoms with Crippen molar-refractivity contribution in [1.82, 2.24) is 24.8 Å². The van der Waals surface area contributed by atoms with Gasteiger partial charge >= 0.3 is 5.97 Å². The SMILES string of the molecule is COC(=O)CC1CCN(Cc2cc(Oc3cnc(N4CCN5CC[C@@H](O)[C@@H]5C4)nc3)nc(-c3cc(Cl)cc(Cl)c3)c2)CC1. The third-order valence-electron chi connectivity index (χ3n) is 8.63. The van der Waals surface area contributed by atoms with Gasteiger partial charge in [0, 0.05) is 60.8 Å². The predicted molar refractivity (Wildman–Crippen MR) is 165 cm³/mol. The van der Waals surface area contributed by atoms with Gasteiger partial charge < -0.3 is 19.5 Å². The fourth-order valence-corrected chi connectivity index (χ4v) is 6.81. The Morgan fingerprint density at radius 3 is 2.44 bits per heavy atom. The summed E-state index contributed by atoms with van der Waals surface area (Å²) in [6, 6.07) is 9.45. The normalized spacial score (nSPS) is 21.5. The second kappa shape index (κ2) is 13.3. The van der Waals surface area contributed by atoms with E-state index in [9.17, 15) is 9.90 Å². The smallest absolute Gasteiger partial charge is 0.305 e. The number of methoxy groups -OCH3 is 1. The van der Waals surface area contributed by atoms with Crippen molar-refractivity contribution in [2.75, 3.05) is 51.3 Å². The van der Waals surface area contributed by atoms with Gasteiger partial charge in [-0.25, -0.2) is 15.0 Å². The topological polar surface area (TPSA) is 104 Å². The number of ether oxygens (including phenoxy) is 2. The van der Waals surface area contributed by atoms with Crippen molar-refractivity contribution >= 4 is 35.1 Å². The van der Waals surface area contributed by atoms with Crippen LogP contribution < -0.4 is 9.64 Å². The second-order valence-electron chi connectivity index (χ2n) is 11.6. The molecule has 10 nitrogen and oxygen atoms in total. The van der Waals surface area contributed by atoms with Crippen LogP contribution in [0.2, 0.25) is 10.0 Å². The number of aliphatic hydroxyl groups excluding tert-OH is 1. The van der Waals surface area contributed by atoms with E-state index in [1.54, 1.807) is 18.5 Å². The van der Waals surface area contributed by atoms with Crippen molar-refractivity contribution in [1.29, 1.82) is 0 Å². The van der Waals surface area contributed by atoms with Crippen molar-refractivity contribution in [3.63, 3.8) is 0 Å². The summed E-state index contributed by atoms with van der Waals surface area (Å²) in [5.41, 5.74) is 2.52. The zero-order valence-electron chi connectivity index (χ0n) is 24.2. The number of hydrogen-bond donors (Lipinski definition) is 1. The van der Waals surface area contributed by atoms with Crippen LogP contribution in [0.25, 0.3) is 11.3 Å². The molecule has 1 aromatic carbocycles. The van der Waals surface area contributed by atoms with Gasteiger partial charge in [-0.2, -0.15) is 0 Å². The standard InChI is InChI=1S/C31H36Cl2N6O4/c1-42-30(41)12-20-2-5-37(6-3-20)18-21-10-26(22-13-23(32)15-24(33)14-22)36-29(11-21)43-25-16-34-31(35-17-25)39-9-8-38-7-4-28(40)27(38)19-39/h10-11,13-17,20,27-28,40H,2-9,12,18-19H2,1H3/t27-,28+/m0/s1. The van der Waals surface area contributed by atoms with Crippen molar-refractivity contribution in [2.45, 2.75) is 44.4 Å². The van der Waals surface area contributed by atoms with E-state index in [4.69, 9.17) is 37.7 Å². The first-order valence-corrected chi connectivity index (χ1v) is 15.5. The van der Waals surface area contributed by atoms with Crippen molar-refractivity contribution < 1.29 is 19.4 Å². The maximum absolute atomic E-state index is 11.7. The molecule has 2 aromatic heterocycles. The number of carbonyl (C=O) groups is 1. The number of aromatic nitrogens is 3. The van der Waals surface area contributed by atoms with Crippen LogP contribution in [0.4, 0.5) is 5.95 Å². The number of hydrogen-bond acceptors (Lipinski definition) is 10. The van der Waals surface area contributed by atoms with Crippen molar-refractivity contribution in [2.24, 2.45) is 5.92 Å². The number of benzene rings is 1. The van der Waals surface area contributed by atoms with Gasteiger partial charge in [0.1, 0.15) is 0 Å². The molecule has 6 rings (SSSR count). The van der Waals surface area contributed by atoms with Crippen LogP contribution in [0.3, 0.4) is 0 Å². The van der Waals surface area contributed by atoms with Crippen LogP contribution in [0.5, 0.6) is 11.6 Å². The van der Waals surface area contributed by atoms with E-state index >= 15 is 0 Å². The van der Waals surface area contributed by atoms with Crippen LogP contribution in [-0.2, 0) is 16.1 Å². The number of piperazine rings is 1. The molecule has 3 fully saturated rings. The number of anilines is 1. The molecule has 3 aromatic rings. The van der Waals surface area contributed by atoms with E-state index in [2.05, 4.69) is 24.7 Å². The lowest BCUT2D eigenvalue weighted by Crippen LogP contribution is -2.53. The zero-order chi connectivity index (χ0) is 29.9. The molecule has 0 amide bonds. The minimum atomic E-state index is -0.307. The Morgan fingerprint density at radius 1 is 0.977 bits per heavy atom. The molecule has 3 aliphatic heterocycles. The van der Waals surface area contributed by atoms with Gasteiger partial charge in [-0.3, -0.25) is 14.6 Å². The Labute approximate surface area is 261 Å². The van der Waals surface area contributed by atoms with Crippen LogP contribution in [-0.4, -0.2) is 94.4 Å². The van der Waals surface area contributed by atoms with Crippen LogP contribution in [0, 0.1) is 5.92 Å². The lowest BCUT2D eigenvalue weighted by molar-refractivity contribution is -0.142. The molecule has 0 aliphatic carbocycles. The molecule has 0 spiro atoms. The van der Waals surface area contributed by atoms with Gasteiger partial charge in [0.15, 0.2) is 5.75 Å². The number of pyridine rings is 1. The summed E-state index contributed by atoms with van der Waals surface area (Å²) in [4.78, 5) is 32.5. The highest BCUT2D eigenvalue weighted by atomic mass is 35.5. The minimum absolute atomic E-state index is 0.122. The van der Waals surface area contributed by atoms with Crippen molar-refractivity contribution in [3.05, 3.63) is 58.3 Å². The van der Waals surface area contributed by atoms with E-state index in [-0.39, 0.29) is 18.1 Å². The Kier molecular flexibility index (Phi) is 9.30. The molecule has 12 heteroatoms. The summed E-state index contributed by atoms with van der Waals surface area (Å²) in [6.07, 6.45) is 6.19. The maximum Gasteiger partial charge on any atom is 0.305 e. The van der Waals surface area contributed by atoms with Gasteiger partial charge in [-0.15, -0.1) is 0 Å². The molecule has 0 unspecified atom stereocenters. The highest BCUT2D eigenvalue weighted by molar-refractivity contribution is 6.35. The average Bonchev–Trinajstić information content (AvgIpc) is 3.37. The molecule has 3 aliphatic rings. The first-order valence-electron chi connectivity index (χ1n) is 14.8. The van der Waals surface area contributed by atoms with Gasteiger partial charge in [-0.1, -0.05) is 23.2 Å². The third-order valence-corrected chi connectivity index (χ3v) is 9.06. The van der Waals surface area contributed by atoms with Crippen LogP contribution in [0.1, 0.15) is 31.2 Å². The number of aliphatic hydroxyl groups is 1. The maximum atomic E-state index is 11.7. The first-order chi connectivity index (χ1) is 20.8. The molecular weight excluding hydrogens is 591 g/mol. The summed E-state index contributed by atoms with van der Waals surface area (Å²) in [7, 11) is 1.44. The fraction of sp³-hybridized carbons (Fsp3) is 0.484. The first kappa shape index (κ1) is 30.0. The molecule has 0 saturated carbocycles. The average molecular weight is 628 g/mol. The Morgan fingerprint density at radius 2 is 1.72 bits per heavy atom. The zero-order valence-corrected chi connectivity index (χ0v) is 25.7. The Bertz CT molecular complexity index is 1420. The quantitative estimate of drug-likeness (QED) is 0.355. The number of fused-ring (bicyclic) bond motifs is 1. The molecule has 0 radical (unpaired) electrons. The summed E-state index contributed by atoms with van der Waals surface area (Å²) in [5, 5.41) is 11.4. The number of carbonyl (C=O) groups excluding carboxylic acids is 1. The van der Waals surface area contributed by atoms with Crippen molar-refractivity contribution in [3.8, 4) is 22.9 Å². The third kappa shape index (κ3) is 7.38. The highest BCUT2D eigenvalue weighted by Crippen LogP contribution is 2.31. The van der Waals surface area contributed by atoms with E-state index in [0.717, 1.165) is 63.1 Å². The number of nitrogens with zero attached hydrogens (tertiary/aromatic N) is 6. The number of likely N-dealkylation sites (tertiary alicyclic amines) is 1. The molecular formula is C31H36Cl2N6O4. The number of halogens is 2. The number of piperidine rings is 1. The molecule has 228 valence electrons. The summed E-state index contributed by atoms with van der Waals surface area (Å²) >= 11 is 12.6. The van der Waals surface area contributed by atoms with E-state index in [1.807, 2.05) is 24.3 Å². The van der Waals surface area contributed by atoms with E-state index < -0.39 is 0 Å². The Hall–Kier alpha value is -3.02. The Balaban J connectivity index is 1.18. The molecule has 43 heavy (non-hydrogen) atoms. The van der Waals surface area contributed by atoms with Gasteiger partial charge in [0.2, 0.25) is 11.8 Å². The second-order valence-corrected chi connectivity index (χ2v) is 12.5. The monoisotopic (exact) mass is 626 g/mol. The molecule has 3 saturated heterocycles. The molecule has 2 atom stereocenters. The van der Waals surface area contributed by atoms with Gasteiger partial charge in [-0.05, 0) is 68.1 Å². The van der Waals surface area contributed by atoms with E-state index in [1.165, 1.54) is 7.11 Å². The fourth-order valence-electron chi connectivity index (χ4n) is 6.29. The van der Waals surface area contributed by atoms with Gasteiger partial charge in [0.25, 0.3) is 0 Å². The minimum Gasteiger partial charge on any atom is -0.469 e. The number of esters is 1. The summed E-state index contributed by atoms with van der Waals surface area (Å²) in [5.74, 6) is 1.72. The predicted octanol–water partition coefficient (Wildman–Crippen LogP) is 4.67. The highest BCUT2D eigenvalue weighted by Gasteiger charge is 2.37. The lowest BCUT2D eigenvalue weighted by atomic mass is 9.93. The molecule has 0 bridgehead atoms. The van der Waals surface area contributed by atoms with Gasteiger partial charge in [0.05, 0.1) is 37.3 Å². The lowest BCUT2D eigenvalue weighted by Gasteiger charge is -2.38. The van der Waals surface area contributed by atoms with Crippen LogP contribution in [0.15, 0.2) is 42.7 Å².